The lowest BCUT2D eigenvalue weighted by molar-refractivity contribution is 0.670. The van der Waals surface area contributed by atoms with E-state index < -0.39 is 0 Å². The van der Waals surface area contributed by atoms with Gasteiger partial charge in [-0.1, -0.05) is 146 Å². The van der Waals surface area contributed by atoms with Gasteiger partial charge in [0.05, 0.1) is 0 Å². The van der Waals surface area contributed by atoms with Crippen molar-refractivity contribution in [3.8, 4) is 33.4 Å². The third kappa shape index (κ3) is 5.33. The lowest BCUT2D eigenvalue weighted by atomic mass is 9.88. The first-order valence-corrected chi connectivity index (χ1v) is 23.6. The first kappa shape index (κ1) is 37.0. The summed E-state index contributed by atoms with van der Waals surface area (Å²) in [6.45, 7) is 0. The Balaban J connectivity index is 1.06. The maximum atomic E-state index is 7.12. The molecule has 0 bridgehead atoms. The number of benzene rings is 13. The second kappa shape index (κ2) is 13.7. The van der Waals surface area contributed by atoms with Crippen LogP contribution in [-0.4, -0.2) is 0 Å². The lowest BCUT2D eigenvalue weighted by Crippen LogP contribution is -1.90. The van der Waals surface area contributed by atoms with E-state index in [2.05, 4.69) is 218 Å². The molecule has 3 heterocycles. The molecule has 3 nitrogen and oxygen atoms in total. The molecule has 0 amide bonds. The van der Waals surface area contributed by atoms with E-state index >= 15 is 0 Å². The highest BCUT2D eigenvalue weighted by atomic mass is 16.3. The molecule has 0 saturated carbocycles. The van der Waals surface area contributed by atoms with Crippen LogP contribution in [0.4, 0.5) is 0 Å². The quantitative estimate of drug-likeness (QED) is 0.178. The van der Waals surface area contributed by atoms with Crippen molar-refractivity contribution >= 4 is 130 Å². The van der Waals surface area contributed by atoms with Crippen molar-refractivity contribution in [3.05, 3.63) is 218 Å². The van der Waals surface area contributed by atoms with Crippen molar-refractivity contribution in [2.45, 2.75) is 0 Å². The molecule has 16 rings (SSSR count). The van der Waals surface area contributed by atoms with Gasteiger partial charge in [-0.15, -0.1) is 0 Å². The molecule has 0 aliphatic carbocycles. The van der Waals surface area contributed by atoms with E-state index in [9.17, 15) is 0 Å². The van der Waals surface area contributed by atoms with E-state index in [-0.39, 0.29) is 0 Å². The molecule has 13 aromatic carbocycles. The summed E-state index contributed by atoms with van der Waals surface area (Å²) in [7, 11) is 0. The largest absolute Gasteiger partial charge is 0.455 e. The minimum Gasteiger partial charge on any atom is -0.455 e. The van der Waals surface area contributed by atoms with Crippen molar-refractivity contribution in [3.63, 3.8) is 0 Å². The van der Waals surface area contributed by atoms with Gasteiger partial charge in [0.2, 0.25) is 0 Å². The van der Waals surface area contributed by atoms with Crippen LogP contribution in [0.3, 0.4) is 0 Å². The maximum Gasteiger partial charge on any atom is 0.143 e. The smallest absolute Gasteiger partial charge is 0.143 e. The summed E-state index contributed by atoms with van der Waals surface area (Å²) in [6.07, 6.45) is 0. The standard InChI is InChI=1S/C66H36O3/c1-4-16-40-34-58-55(28-37(40)13-1)61-49-22-10-7-19-43(49)31-52(64(61)67-58)46-25-47(53-32-44-20-8-11-23-50(44)62-56-29-38-14-2-5-17-41(38)35-59(56)68-65(53)62)27-48(26-46)54-33-45-21-9-12-24-51(45)63-57-30-39-15-3-6-18-42(39)36-60(57)69-66(54)63/h1-36H. The number of fused-ring (bicyclic) bond motifs is 18. The van der Waals surface area contributed by atoms with Gasteiger partial charge >= 0.3 is 0 Å². The molecule has 0 fully saturated rings. The molecule has 0 radical (unpaired) electrons. The van der Waals surface area contributed by atoms with E-state index in [0.717, 1.165) is 132 Å². The Labute approximate surface area is 393 Å². The van der Waals surface area contributed by atoms with E-state index in [1.54, 1.807) is 0 Å². The Hall–Kier alpha value is -9.18. The fourth-order valence-corrected chi connectivity index (χ4v) is 11.7. The second-order valence-corrected chi connectivity index (χ2v) is 18.7. The van der Waals surface area contributed by atoms with Crippen LogP contribution in [0.5, 0.6) is 0 Å². The van der Waals surface area contributed by atoms with Crippen LogP contribution in [-0.2, 0) is 0 Å². The number of hydrogen-bond donors (Lipinski definition) is 0. The summed E-state index contributed by atoms with van der Waals surface area (Å²) in [5.74, 6) is 0. The average molecular weight is 877 g/mol. The van der Waals surface area contributed by atoms with E-state index in [1.165, 1.54) is 32.3 Å². The van der Waals surface area contributed by atoms with Gasteiger partial charge in [-0.3, -0.25) is 0 Å². The highest BCUT2D eigenvalue weighted by molar-refractivity contribution is 6.27. The molecule has 0 spiro atoms. The first-order valence-electron chi connectivity index (χ1n) is 23.6. The monoisotopic (exact) mass is 876 g/mol. The summed E-state index contributed by atoms with van der Waals surface area (Å²) in [6, 6.07) is 79.2. The van der Waals surface area contributed by atoms with Gasteiger partial charge in [0.1, 0.15) is 33.5 Å². The normalized spacial score (nSPS) is 12.3. The number of hydrogen-bond acceptors (Lipinski definition) is 3. The van der Waals surface area contributed by atoms with Crippen LogP contribution in [0.25, 0.3) is 164 Å². The molecular weight excluding hydrogens is 841 g/mol. The topological polar surface area (TPSA) is 39.4 Å². The zero-order chi connectivity index (χ0) is 44.9. The van der Waals surface area contributed by atoms with Crippen LogP contribution in [0.15, 0.2) is 232 Å². The summed E-state index contributed by atoms with van der Waals surface area (Å²) < 4.78 is 21.4. The van der Waals surface area contributed by atoms with Crippen molar-refractivity contribution in [2.24, 2.45) is 0 Å². The number of furan rings is 3. The van der Waals surface area contributed by atoms with Crippen LogP contribution in [0.1, 0.15) is 0 Å². The summed E-state index contributed by atoms with van der Waals surface area (Å²) >= 11 is 0. The molecule has 3 aromatic heterocycles. The predicted molar refractivity (Wildman–Crippen MR) is 290 cm³/mol. The first-order chi connectivity index (χ1) is 34.1. The third-order valence-electron chi connectivity index (χ3n) is 14.9. The minimum atomic E-state index is 0.861. The van der Waals surface area contributed by atoms with Gasteiger partial charge in [-0.2, -0.15) is 0 Å². The number of rotatable bonds is 3. The Morgan fingerprint density at radius 1 is 0.203 bits per heavy atom. The molecule has 0 N–H and O–H groups in total. The molecule has 0 atom stereocenters. The average Bonchev–Trinajstić information content (AvgIpc) is 4.09. The van der Waals surface area contributed by atoms with Crippen LogP contribution in [0, 0.1) is 0 Å². The Morgan fingerprint density at radius 3 is 0.739 bits per heavy atom. The van der Waals surface area contributed by atoms with Crippen molar-refractivity contribution in [1.29, 1.82) is 0 Å². The van der Waals surface area contributed by atoms with Crippen molar-refractivity contribution < 1.29 is 13.3 Å². The SMILES string of the molecule is c1ccc2cc3c(cc2c1)oc1c(-c2cc(-c4cc5ccccc5c5c4oc4cc6ccccc6cc45)cc(-c4cc5ccccc5c5c4oc4cc6ccccc6cc45)c2)cc2ccccc2c13. The molecule has 0 saturated heterocycles. The minimum absolute atomic E-state index is 0.861. The van der Waals surface area contributed by atoms with Gasteiger partial charge < -0.3 is 13.3 Å². The Morgan fingerprint density at radius 2 is 0.449 bits per heavy atom. The van der Waals surface area contributed by atoms with E-state index in [4.69, 9.17) is 13.3 Å². The summed E-state index contributed by atoms with van der Waals surface area (Å²) in [5.41, 5.74) is 11.4. The Bertz CT molecular complexity index is 4400. The van der Waals surface area contributed by atoms with Crippen LogP contribution >= 0.6 is 0 Å². The van der Waals surface area contributed by atoms with Gasteiger partial charge in [0.25, 0.3) is 0 Å². The van der Waals surface area contributed by atoms with Crippen LogP contribution in [0.2, 0.25) is 0 Å². The molecule has 16 aromatic rings. The van der Waals surface area contributed by atoms with Gasteiger partial charge in [0.15, 0.2) is 0 Å². The zero-order valence-corrected chi connectivity index (χ0v) is 37.0. The van der Waals surface area contributed by atoms with Gasteiger partial charge in [-0.05, 0) is 154 Å². The fraction of sp³-hybridized carbons (Fsp3) is 0. The molecule has 3 heteroatoms. The fourth-order valence-electron chi connectivity index (χ4n) is 11.7. The highest BCUT2D eigenvalue weighted by Gasteiger charge is 2.24. The van der Waals surface area contributed by atoms with E-state index in [0.29, 0.717) is 0 Å². The van der Waals surface area contributed by atoms with Crippen LogP contribution < -0.4 is 0 Å². The molecule has 0 aliphatic heterocycles. The lowest BCUT2D eigenvalue weighted by Gasteiger charge is -2.15. The van der Waals surface area contributed by atoms with Gasteiger partial charge in [-0.25, -0.2) is 0 Å². The summed E-state index contributed by atoms with van der Waals surface area (Å²) in [4.78, 5) is 0. The maximum absolute atomic E-state index is 7.12. The molecule has 0 aliphatic rings. The van der Waals surface area contributed by atoms with E-state index in [1.807, 2.05) is 0 Å². The summed E-state index contributed by atoms with van der Waals surface area (Å²) in [5, 5.41) is 20.6. The molecule has 318 valence electrons. The second-order valence-electron chi connectivity index (χ2n) is 18.7. The highest BCUT2D eigenvalue weighted by Crippen LogP contribution is 2.49. The predicted octanol–water partition coefficient (Wildman–Crippen LogP) is 19.3. The van der Waals surface area contributed by atoms with Crippen molar-refractivity contribution in [1.82, 2.24) is 0 Å². The molecular formula is C66H36O3. The molecule has 69 heavy (non-hydrogen) atoms. The van der Waals surface area contributed by atoms with Crippen molar-refractivity contribution in [2.75, 3.05) is 0 Å². The van der Waals surface area contributed by atoms with Gasteiger partial charge in [0, 0.05) is 49.0 Å². The Kier molecular flexibility index (Phi) is 7.34. The third-order valence-corrected chi connectivity index (χ3v) is 14.9. The zero-order valence-electron chi connectivity index (χ0n) is 37.0. The molecule has 0 unspecified atom stereocenters.